The molecule has 1 aromatic carbocycles. The largest absolute Gasteiger partial charge is 0.325 e. The van der Waals surface area contributed by atoms with E-state index in [9.17, 15) is 4.79 Å². The van der Waals surface area contributed by atoms with Crippen LogP contribution in [0.5, 0.6) is 0 Å². The molecule has 140 valence electrons. The minimum Gasteiger partial charge on any atom is -0.325 e. The van der Waals surface area contributed by atoms with Crippen molar-refractivity contribution in [3.05, 3.63) is 46.1 Å². The van der Waals surface area contributed by atoms with Gasteiger partial charge in [0.2, 0.25) is 5.91 Å². The number of aromatic nitrogens is 2. The van der Waals surface area contributed by atoms with Crippen LogP contribution in [0.3, 0.4) is 0 Å². The van der Waals surface area contributed by atoms with Crippen molar-refractivity contribution in [3.63, 3.8) is 0 Å². The maximum atomic E-state index is 12.7. The van der Waals surface area contributed by atoms with E-state index in [1.165, 1.54) is 40.4 Å². The fourth-order valence-corrected chi connectivity index (χ4v) is 5.89. The number of aryl methyl sites for hydroxylation is 4. The minimum atomic E-state index is -0.234. The molecule has 0 spiro atoms. The van der Waals surface area contributed by atoms with Crippen LogP contribution in [-0.2, 0) is 17.6 Å². The van der Waals surface area contributed by atoms with Gasteiger partial charge in [-0.3, -0.25) is 4.79 Å². The van der Waals surface area contributed by atoms with Gasteiger partial charge in [-0.25, -0.2) is 9.97 Å². The molecule has 0 bridgehead atoms. The highest BCUT2D eigenvalue weighted by atomic mass is 32.2. The fourth-order valence-electron chi connectivity index (χ4n) is 3.50. The third-order valence-corrected chi connectivity index (χ3v) is 7.11. The SMILES string of the molecule is Cc1cccc(NC(=O)[C@H](C)Sc2nc(C)nc3sc4c(c23)CCCC4)c1. The van der Waals surface area contributed by atoms with E-state index in [1.807, 2.05) is 45.0 Å². The van der Waals surface area contributed by atoms with E-state index >= 15 is 0 Å². The standard InChI is InChI=1S/C21H23N3OS2/c1-12-7-6-8-15(11-12)24-19(25)13(2)26-20-18-16-9-4-5-10-17(16)27-21(18)23-14(3)22-20/h6-8,11,13H,4-5,9-10H2,1-3H3,(H,24,25)/t13-/m0/s1. The first-order valence-electron chi connectivity index (χ1n) is 9.34. The average Bonchev–Trinajstić information content (AvgIpc) is 2.99. The number of thioether (sulfide) groups is 1. The number of rotatable bonds is 4. The van der Waals surface area contributed by atoms with Crippen molar-refractivity contribution in [2.24, 2.45) is 0 Å². The molecule has 1 aliphatic rings. The molecule has 0 radical (unpaired) electrons. The van der Waals surface area contributed by atoms with Crippen molar-refractivity contribution < 1.29 is 4.79 Å². The maximum absolute atomic E-state index is 12.7. The fraction of sp³-hybridized carbons (Fsp3) is 0.381. The van der Waals surface area contributed by atoms with E-state index in [0.29, 0.717) is 0 Å². The van der Waals surface area contributed by atoms with Gasteiger partial charge in [0.1, 0.15) is 15.7 Å². The molecule has 2 heterocycles. The number of benzene rings is 1. The molecule has 4 nitrogen and oxygen atoms in total. The van der Waals surface area contributed by atoms with Gasteiger partial charge in [-0.15, -0.1) is 11.3 Å². The number of nitrogens with one attached hydrogen (secondary N) is 1. The molecule has 2 aromatic heterocycles. The lowest BCUT2D eigenvalue weighted by atomic mass is 9.97. The van der Waals surface area contributed by atoms with Gasteiger partial charge in [0.25, 0.3) is 0 Å². The van der Waals surface area contributed by atoms with Gasteiger partial charge in [0, 0.05) is 16.0 Å². The zero-order chi connectivity index (χ0) is 19.0. The van der Waals surface area contributed by atoms with Crippen molar-refractivity contribution >= 4 is 44.9 Å². The van der Waals surface area contributed by atoms with Crippen molar-refractivity contribution in [3.8, 4) is 0 Å². The van der Waals surface area contributed by atoms with Gasteiger partial charge in [-0.1, -0.05) is 23.9 Å². The molecule has 0 saturated carbocycles. The predicted molar refractivity (Wildman–Crippen MR) is 114 cm³/mol. The van der Waals surface area contributed by atoms with Gasteiger partial charge >= 0.3 is 0 Å². The van der Waals surface area contributed by atoms with E-state index in [2.05, 4.69) is 10.3 Å². The van der Waals surface area contributed by atoms with Crippen molar-refractivity contribution in [1.82, 2.24) is 9.97 Å². The lowest BCUT2D eigenvalue weighted by molar-refractivity contribution is -0.115. The Morgan fingerprint density at radius 1 is 1.22 bits per heavy atom. The van der Waals surface area contributed by atoms with Crippen molar-refractivity contribution in [1.29, 1.82) is 0 Å². The molecule has 1 atom stereocenters. The van der Waals surface area contributed by atoms with E-state index in [0.717, 1.165) is 39.8 Å². The van der Waals surface area contributed by atoms with Crippen LogP contribution in [0.15, 0.2) is 29.3 Å². The second-order valence-corrected chi connectivity index (χ2v) is 9.50. The average molecular weight is 398 g/mol. The Bertz CT molecular complexity index is 1010. The Balaban J connectivity index is 1.60. The van der Waals surface area contributed by atoms with Crippen LogP contribution in [0.2, 0.25) is 0 Å². The number of anilines is 1. The van der Waals surface area contributed by atoms with Crippen molar-refractivity contribution in [2.45, 2.75) is 56.7 Å². The zero-order valence-corrected chi connectivity index (χ0v) is 17.5. The molecular formula is C21H23N3OS2. The Kier molecular flexibility index (Phi) is 5.19. The summed E-state index contributed by atoms with van der Waals surface area (Å²) in [5.74, 6) is 0.772. The van der Waals surface area contributed by atoms with E-state index in [4.69, 9.17) is 4.98 Å². The molecule has 6 heteroatoms. The van der Waals surface area contributed by atoms with Gasteiger partial charge in [-0.2, -0.15) is 0 Å². The highest BCUT2D eigenvalue weighted by molar-refractivity contribution is 8.00. The third kappa shape index (κ3) is 3.87. The van der Waals surface area contributed by atoms with Crippen LogP contribution >= 0.6 is 23.1 Å². The third-order valence-electron chi connectivity index (χ3n) is 4.84. The summed E-state index contributed by atoms with van der Waals surface area (Å²) >= 11 is 3.34. The summed E-state index contributed by atoms with van der Waals surface area (Å²) in [6.07, 6.45) is 4.71. The van der Waals surface area contributed by atoms with Crippen LogP contribution in [0.4, 0.5) is 5.69 Å². The number of hydrogen-bond donors (Lipinski definition) is 1. The molecular weight excluding hydrogens is 374 g/mol. The van der Waals surface area contributed by atoms with Gasteiger partial charge in [0.05, 0.1) is 5.25 Å². The summed E-state index contributed by atoms with van der Waals surface area (Å²) < 4.78 is 0. The van der Waals surface area contributed by atoms with Crippen molar-refractivity contribution in [2.75, 3.05) is 5.32 Å². The number of carbonyl (C=O) groups excluding carboxylic acids is 1. The molecule has 0 fully saturated rings. The van der Waals surface area contributed by atoms with Crippen LogP contribution in [-0.4, -0.2) is 21.1 Å². The van der Waals surface area contributed by atoms with Gasteiger partial charge in [0.15, 0.2) is 0 Å². The first-order valence-corrected chi connectivity index (χ1v) is 11.0. The summed E-state index contributed by atoms with van der Waals surface area (Å²) in [5, 5.41) is 4.92. The highest BCUT2D eigenvalue weighted by Gasteiger charge is 2.23. The Morgan fingerprint density at radius 3 is 2.85 bits per heavy atom. The summed E-state index contributed by atoms with van der Waals surface area (Å²) in [5.41, 5.74) is 3.38. The highest BCUT2D eigenvalue weighted by Crippen LogP contribution is 2.40. The zero-order valence-electron chi connectivity index (χ0n) is 15.8. The van der Waals surface area contributed by atoms with Gasteiger partial charge in [-0.05, 0) is 69.7 Å². The Hall–Kier alpha value is -1.92. The summed E-state index contributed by atoms with van der Waals surface area (Å²) in [4.78, 5) is 24.6. The number of thiophene rings is 1. The van der Waals surface area contributed by atoms with Crippen LogP contribution in [0, 0.1) is 13.8 Å². The molecule has 0 aliphatic heterocycles. The number of fused-ring (bicyclic) bond motifs is 3. The normalized spacial score (nSPS) is 14.8. The van der Waals surface area contributed by atoms with Crippen LogP contribution < -0.4 is 5.32 Å². The molecule has 27 heavy (non-hydrogen) atoms. The van der Waals surface area contributed by atoms with E-state index < -0.39 is 0 Å². The molecule has 0 saturated heterocycles. The summed E-state index contributed by atoms with van der Waals surface area (Å²) in [6, 6.07) is 7.88. The van der Waals surface area contributed by atoms with E-state index in [-0.39, 0.29) is 11.2 Å². The second kappa shape index (κ2) is 7.60. The van der Waals surface area contributed by atoms with Gasteiger partial charge < -0.3 is 5.32 Å². The lowest BCUT2D eigenvalue weighted by Gasteiger charge is -2.15. The number of carbonyl (C=O) groups is 1. The lowest BCUT2D eigenvalue weighted by Crippen LogP contribution is -2.22. The molecule has 1 N–H and O–H groups in total. The smallest absolute Gasteiger partial charge is 0.237 e. The summed E-state index contributed by atoms with van der Waals surface area (Å²) in [6.45, 7) is 5.89. The second-order valence-electron chi connectivity index (χ2n) is 7.09. The van der Waals surface area contributed by atoms with Crippen LogP contribution in [0.25, 0.3) is 10.2 Å². The van der Waals surface area contributed by atoms with Crippen LogP contribution in [0.1, 0.15) is 41.6 Å². The number of hydrogen-bond acceptors (Lipinski definition) is 5. The van der Waals surface area contributed by atoms with E-state index in [1.54, 1.807) is 11.3 Å². The Labute approximate surface area is 167 Å². The molecule has 4 rings (SSSR count). The molecule has 1 aliphatic carbocycles. The molecule has 1 amide bonds. The monoisotopic (exact) mass is 397 g/mol. The topological polar surface area (TPSA) is 54.9 Å². The summed E-state index contributed by atoms with van der Waals surface area (Å²) in [7, 11) is 0. The predicted octanol–water partition coefficient (Wildman–Crippen LogP) is 5.31. The minimum absolute atomic E-state index is 0.000822. The first kappa shape index (κ1) is 18.4. The molecule has 0 unspecified atom stereocenters. The quantitative estimate of drug-likeness (QED) is 0.479. The molecule has 3 aromatic rings. The number of nitrogens with zero attached hydrogens (tertiary/aromatic N) is 2. The first-order chi connectivity index (χ1) is 13.0. The maximum Gasteiger partial charge on any atom is 0.237 e. The number of amides is 1. The Morgan fingerprint density at radius 2 is 2.04 bits per heavy atom.